The SMILES string of the molecule is COC(=O)c1ccc(N2C(=O)C(Cl)=C(Nc3cccc(C(=O)Nc4cc(C)ccc4C)c3)C2=O)cc1. The van der Waals surface area contributed by atoms with E-state index in [1.165, 1.54) is 31.4 Å². The quantitative estimate of drug-likeness (QED) is 0.370. The molecule has 0 saturated heterocycles. The van der Waals surface area contributed by atoms with Crippen molar-refractivity contribution in [1.82, 2.24) is 0 Å². The van der Waals surface area contributed by atoms with Crippen LogP contribution in [0.15, 0.2) is 77.5 Å². The average molecular weight is 504 g/mol. The molecule has 9 heteroatoms. The number of benzene rings is 3. The molecule has 0 atom stereocenters. The number of methoxy groups -OCH3 is 1. The molecule has 4 rings (SSSR count). The predicted octanol–water partition coefficient (Wildman–Crippen LogP) is 4.78. The lowest BCUT2D eigenvalue weighted by atomic mass is 10.1. The fourth-order valence-electron chi connectivity index (χ4n) is 3.66. The molecule has 2 N–H and O–H groups in total. The van der Waals surface area contributed by atoms with Gasteiger partial charge in [0.15, 0.2) is 0 Å². The average Bonchev–Trinajstić information content (AvgIpc) is 3.09. The van der Waals surface area contributed by atoms with Gasteiger partial charge < -0.3 is 15.4 Å². The summed E-state index contributed by atoms with van der Waals surface area (Å²) in [4.78, 5) is 51.2. The molecule has 3 aromatic rings. The first-order valence-electron chi connectivity index (χ1n) is 10.9. The summed E-state index contributed by atoms with van der Waals surface area (Å²) in [5, 5.41) is 5.47. The summed E-state index contributed by atoms with van der Waals surface area (Å²) in [6.45, 7) is 3.84. The zero-order valence-electron chi connectivity index (χ0n) is 19.7. The predicted molar refractivity (Wildman–Crippen MR) is 137 cm³/mol. The van der Waals surface area contributed by atoms with E-state index in [2.05, 4.69) is 15.4 Å². The molecule has 182 valence electrons. The van der Waals surface area contributed by atoms with E-state index in [1.807, 2.05) is 32.0 Å². The maximum Gasteiger partial charge on any atom is 0.337 e. The van der Waals surface area contributed by atoms with Crippen LogP contribution in [0, 0.1) is 13.8 Å². The van der Waals surface area contributed by atoms with Crippen molar-refractivity contribution in [1.29, 1.82) is 0 Å². The van der Waals surface area contributed by atoms with Gasteiger partial charge in [-0.1, -0.05) is 29.8 Å². The minimum Gasteiger partial charge on any atom is -0.465 e. The molecule has 36 heavy (non-hydrogen) atoms. The van der Waals surface area contributed by atoms with Gasteiger partial charge in [0.1, 0.15) is 10.7 Å². The Labute approximate surface area is 212 Å². The lowest BCUT2D eigenvalue weighted by Crippen LogP contribution is -2.32. The normalized spacial score (nSPS) is 13.2. The van der Waals surface area contributed by atoms with E-state index in [0.29, 0.717) is 16.9 Å². The fourth-order valence-corrected chi connectivity index (χ4v) is 3.87. The number of rotatable bonds is 6. The first-order chi connectivity index (χ1) is 17.2. The second-order valence-corrected chi connectivity index (χ2v) is 8.53. The van der Waals surface area contributed by atoms with Gasteiger partial charge in [-0.15, -0.1) is 0 Å². The van der Waals surface area contributed by atoms with E-state index in [0.717, 1.165) is 16.0 Å². The third-order valence-corrected chi connectivity index (χ3v) is 5.96. The van der Waals surface area contributed by atoms with E-state index in [1.54, 1.807) is 24.3 Å². The van der Waals surface area contributed by atoms with Crippen molar-refractivity contribution < 1.29 is 23.9 Å². The molecule has 0 fully saturated rings. The summed E-state index contributed by atoms with van der Waals surface area (Å²) in [5.74, 6) is -2.24. The summed E-state index contributed by atoms with van der Waals surface area (Å²) in [6, 6.07) is 18.1. The highest BCUT2D eigenvalue weighted by Gasteiger charge is 2.39. The van der Waals surface area contributed by atoms with Crippen molar-refractivity contribution in [2.24, 2.45) is 0 Å². The van der Waals surface area contributed by atoms with Gasteiger partial charge in [0.2, 0.25) is 0 Å². The Morgan fingerprint density at radius 2 is 1.61 bits per heavy atom. The van der Waals surface area contributed by atoms with Crippen molar-refractivity contribution in [2.45, 2.75) is 13.8 Å². The van der Waals surface area contributed by atoms with Crippen LogP contribution < -0.4 is 15.5 Å². The van der Waals surface area contributed by atoms with Crippen LogP contribution in [0.2, 0.25) is 0 Å². The van der Waals surface area contributed by atoms with Crippen LogP contribution in [-0.4, -0.2) is 30.8 Å². The van der Waals surface area contributed by atoms with Gasteiger partial charge in [0.05, 0.1) is 18.4 Å². The van der Waals surface area contributed by atoms with Gasteiger partial charge in [-0.05, 0) is 73.5 Å². The first kappa shape index (κ1) is 24.7. The Morgan fingerprint density at radius 3 is 2.31 bits per heavy atom. The molecule has 8 nitrogen and oxygen atoms in total. The molecule has 0 spiro atoms. The molecule has 1 heterocycles. The maximum atomic E-state index is 13.1. The van der Waals surface area contributed by atoms with Crippen LogP contribution in [0.1, 0.15) is 31.8 Å². The summed E-state index contributed by atoms with van der Waals surface area (Å²) in [6.07, 6.45) is 0. The van der Waals surface area contributed by atoms with E-state index in [9.17, 15) is 19.2 Å². The van der Waals surface area contributed by atoms with Crippen LogP contribution in [0.5, 0.6) is 0 Å². The van der Waals surface area contributed by atoms with Crippen molar-refractivity contribution >= 4 is 52.4 Å². The summed E-state index contributed by atoms with van der Waals surface area (Å²) >= 11 is 6.22. The maximum absolute atomic E-state index is 13.1. The van der Waals surface area contributed by atoms with Crippen LogP contribution in [0.4, 0.5) is 17.1 Å². The first-order valence-corrected chi connectivity index (χ1v) is 11.3. The molecule has 1 aliphatic heterocycles. The fraction of sp³-hybridized carbons (Fsp3) is 0.111. The molecule has 0 radical (unpaired) electrons. The summed E-state index contributed by atoms with van der Waals surface area (Å²) in [5.41, 5.74) is 3.80. The molecular formula is C27H22ClN3O5. The second kappa shape index (κ2) is 10.1. The molecule has 3 aromatic carbocycles. The van der Waals surface area contributed by atoms with Gasteiger partial charge >= 0.3 is 5.97 Å². The molecule has 0 saturated carbocycles. The summed E-state index contributed by atoms with van der Waals surface area (Å²) < 4.78 is 4.66. The molecule has 0 aliphatic carbocycles. The molecule has 0 aromatic heterocycles. The van der Waals surface area contributed by atoms with Crippen molar-refractivity contribution in [3.8, 4) is 0 Å². The number of nitrogens with one attached hydrogen (secondary N) is 2. The van der Waals surface area contributed by atoms with Crippen LogP contribution in [0.25, 0.3) is 0 Å². The lowest BCUT2D eigenvalue weighted by Gasteiger charge is -2.15. The number of amides is 3. The smallest absolute Gasteiger partial charge is 0.337 e. The van der Waals surface area contributed by atoms with E-state index < -0.39 is 17.8 Å². The van der Waals surface area contributed by atoms with Crippen LogP contribution in [0.3, 0.4) is 0 Å². The Kier molecular flexibility index (Phi) is 6.89. The molecule has 1 aliphatic rings. The van der Waals surface area contributed by atoms with Crippen molar-refractivity contribution in [3.63, 3.8) is 0 Å². The lowest BCUT2D eigenvalue weighted by molar-refractivity contribution is -0.120. The Morgan fingerprint density at radius 1 is 0.889 bits per heavy atom. The minimum atomic E-state index is -0.709. The zero-order chi connectivity index (χ0) is 26.0. The number of carbonyl (C=O) groups is 4. The van der Waals surface area contributed by atoms with Gasteiger partial charge in [-0.25, -0.2) is 9.69 Å². The monoisotopic (exact) mass is 503 g/mol. The Balaban J connectivity index is 1.53. The third-order valence-electron chi connectivity index (χ3n) is 5.61. The number of ether oxygens (including phenoxy) is 1. The van der Waals surface area contributed by atoms with Gasteiger partial charge in [0, 0.05) is 16.9 Å². The number of anilines is 3. The van der Waals surface area contributed by atoms with Gasteiger partial charge in [-0.3, -0.25) is 14.4 Å². The third kappa shape index (κ3) is 4.85. The van der Waals surface area contributed by atoms with Crippen LogP contribution in [-0.2, 0) is 14.3 Å². The Bertz CT molecular complexity index is 1430. The second-order valence-electron chi connectivity index (χ2n) is 8.15. The largest absolute Gasteiger partial charge is 0.465 e. The number of carbonyl (C=O) groups excluding carboxylic acids is 4. The molecule has 0 unspecified atom stereocenters. The topological polar surface area (TPSA) is 105 Å². The number of halogens is 1. The zero-order valence-corrected chi connectivity index (χ0v) is 20.5. The number of hydrogen-bond acceptors (Lipinski definition) is 6. The van der Waals surface area contributed by atoms with Crippen LogP contribution >= 0.6 is 11.6 Å². The standard InChI is InChI=1S/C27H22ClN3O5/c1-15-7-8-16(2)21(13-15)30-24(32)18-5-4-6-19(14-18)29-23-22(28)25(33)31(26(23)34)20-11-9-17(10-12-20)27(35)36-3/h4-14,29H,1-3H3,(H,30,32). The highest BCUT2D eigenvalue weighted by Crippen LogP contribution is 2.30. The van der Waals surface area contributed by atoms with Crippen molar-refractivity contribution in [3.05, 3.63) is 99.7 Å². The van der Waals surface area contributed by atoms with E-state index in [4.69, 9.17) is 11.6 Å². The van der Waals surface area contributed by atoms with Gasteiger partial charge in [-0.2, -0.15) is 0 Å². The van der Waals surface area contributed by atoms with Gasteiger partial charge in [0.25, 0.3) is 17.7 Å². The van der Waals surface area contributed by atoms with E-state index >= 15 is 0 Å². The number of nitrogens with zero attached hydrogens (tertiary/aromatic N) is 1. The highest BCUT2D eigenvalue weighted by atomic mass is 35.5. The number of esters is 1. The Hall–Kier alpha value is -4.43. The molecule has 0 bridgehead atoms. The highest BCUT2D eigenvalue weighted by molar-refractivity contribution is 6.53. The van der Waals surface area contributed by atoms with E-state index in [-0.39, 0.29) is 27.9 Å². The molecule has 3 amide bonds. The minimum absolute atomic E-state index is 0.120. The number of hydrogen-bond donors (Lipinski definition) is 2. The molecular weight excluding hydrogens is 482 g/mol. The van der Waals surface area contributed by atoms with Crippen molar-refractivity contribution in [2.75, 3.05) is 22.6 Å². The summed E-state index contributed by atoms with van der Waals surface area (Å²) in [7, 11) is 1.26. The number of aryl methyl sites for hydroxylation is 2. The number of imide groups is 1.